The molecule has 0 aliphatic carbocycles. The van der Waals surface area contributed by atoms with E-state index in [0.29, 0.717) is 38.6 Å². The SMILES string of the molecule is CSc1cc2c(cc1CNCC(CC(C)C)C(=O)O)OCCO2. The Balaban J connectivity index is 2.00. The molecule has 0 radical (unpaired) electrons. The molecule has 128 valence electrons. The van der Waals surface area contributed by atoms with Crippen LogP contribution in [0.5, 0.6) is 11.5 Å². The molecule has 23 heavy (non-hydrogen) atoms. The van der Waals surface area contributed by atoms with E-state index in [9.17, 15) is 9.90 Å². The van der Waals surface area contributed by atoms with E-state index in [-0.39, 0.29) is 5.92 Å². The Bertz CT molecular complexity index is 548. The van der Waals surface area contributed by atoms with Gasteiger partial charge in [0.25, 0.3) is 0 Å². The van der Waals surface area contributed by atoms with Gasteiger partial charge >= 0.3 is 5.97 Å². The topological polar surface area (TPSA) is 67.8 Å². The van der Waals surface area contributed by atoms with Gasteiger partial charge in [-0.05, 0) is 36.3 Å². The van der Waals surface area contributed by atoms with Crippen molar-refractivity contribution in [3.8, 4) is 11.5 Å². The summed E-state index contributed by atoms with van der Waals surface area (Å²) >= 11 is 1.65. The number of fused-ring (bicyclic) bond motifs is 1. The van der Waals surface area contributed by atoms with E-state index in [0.717, 1.165) is 22.0 Å². The highest BCUT2D eigenvalue weighted by Crippen LogP contribution is 2.36. The molecule has 1 aromatic carbocycles. The van der Waals surface area contributed by atoms with Crippen molar-refractivity contribution in [2.45, 2.75) is 31.7 Å². The molecule has 0 amide bonds. The van der Waals surface area contributed by atoms with Crippen molar-refractivity contribution in [2.75, 3.05) is 26.0 Å². The lowest BCUT2D eigenvalue weighted by atomic mass is 9.97. The van der Waals surface area contributed by atoms with Crippen LogP contribution in [0.3, 0.4) is 0 Å². The zero-order valence-corrected chi connectivity index (χ0v) is 14.7. The smallest absolute Gasteiger partial charge is 0.307 e. The fraction of sp³-hybridized carbons (Fsp3) is 0.588. The number of thioether (sulfide) groups is 1. The van der Waals surface area contributed by atoms with Crippen molar-refractivity contribution < 1.29 is 19.4 Å². The maximum atomic E-state index is 11.3. The number of carboxylic acids is 1. The summed E-state index contributed by atoms with van der Waals surface area (Å²) in [5.74, 6) is 0.827. The van der Waals surface area contributed by atoms with E-state index < -0.39 is 5.97 Å². The molecule has 1 atom stereocenters. The van der Waals surface area contributed by atoms with Crippen molar-refractivity contribution in [1.29, 1.82) is 0 Å². The molecule has 6 heteroatoms. The van der Waals surface area contributed by atoms with Crippen molar-refractivity contribution in [1.82, 2.24) is 5.32 Å². The number of benzene rings is 1. The molecule has 5 nitrogen and oxygen atoms in total. The summed E-state index contributed by atoms with van der Waals surface area (Å²) in [6.07, 6.45) is 2.70. The highest BCUT2D eigenvalue weighted by molar-refractivity contribution is 7.98. The van der Waals surface area contributed by atoms with Gasteiger partial charge in [0.05, 0.1) is 5.92 Å². The minimum Gasteiger partial charge on any atom is -0.486 e. The zero-order chi connectivity index (χ0) is 16.8. The number of hydrogen-bond donors (Lipinski definition) is 2. The van der Waals surface area contributed by atoms with Gasteiger partial charge in [-0.3, -0.25) is 4.79 Å². The van der Waals surface area contributed by atoms with Crippen LogP contribution in [-0.4, -0.2) is 37.1 Å². The summed E-state index contributed by atoms with van der Waals surface area (Å²) in [4.78, 5) is 12.4. The summed E-state index contributed by atoms with van der Waals surface area (Å²) < 4.78 is 11.2. The lowest BCUT2D eigenvalue weighted by Gasteiger charge is -2.21. The fourth-order valence-corrected chi connectivity index (χ4v) is 3.28. The summed E-state index contributed by atoms with van der Waals surface area (Å²) in [5.41, 5.74) is 1.11. The third kappa shape index (κ3) is 5.04. The molecule has 1 aliphatic heterocycles. The number of hydrogen-bond acceptors (Lipinski definition) is 5. The van der Waals surface area contributed by atoms with Crippen molar-refractivity contribution >= 4 is 17.7 Å². The van der Waals surface area contributed by atoms with Gasteiger partial charge < -0.3 is 19.9 Å². The van der Waals surface area contributed by atoms with Crippen LogP contribution >= 0.6 is 11.8 Å². The first-order valence-corrected chi connectivity index (χ1v) is 9.13. The second-order valence-electron chi connectivity index (χ2n) is 6.10. The highest BCUT2D eigenvalue weighted by atomic mass is 32.2. The Morgan fingerprint density at radius 1 is 1.30 bits per heavy atom. The van der Waals surface area contributed by atoms with Gasteiger partial charge in [0.15, 0.2) is 11.5 Å². The van der Waals surface area contributed by atoms with E-state index in [1.165, 1.54) is 0 Å². The molecular weight excluding hydrogens is 314 g/mol. The molecule has 1 aliphatic rings. The molecule has 0 spiro atoms. The van der Waals surface area contributed by atoms with Crippen LogP contribution < -0.4 is 14.8 Å². The number of carbonyl (C=O) groups is 1. The molecule has 0 bridgehead atoms. The second-order valence-corrected chi connectivity index (χ2v) is 6.95. The first-order chi connectivity index (χ1) is 11.0. The van der Waals surface area contributed by atoms with Crippen LogP contribution in [0.4, 0.5) is 0 Å². The van der Waals surface area contributed by atoms with Gasteiger partial charge in [-0.15, -0.1) is 11.8 Å². The molecule has 1 heterocycles. The lowest BCUT2D eigenvalue weighted by molar-refractivity contribution is -0.142. The molecule has 2 N–H and O–H groups in total. The minimum atomic E-state index is -0.738. The predicted molar refractivity (Wildman–Crippen MR) is 91.5 cm³/mol. The third-order valence-corrected chi connectivity index (χ3v) is 4.58. The average Bonchev–Trinajstić information content (AvgIpc) is 2.52. The minimum absolute atomic E-state index is 0.357. The predicted octanol–water partition coefficient (Wildman–Crippen LogP) is 3.02. The third-order valence-electron chi connectivity index (χ3n) is 3.76. The quantitative estimate of drug-likeness (QED) is 0.710. The van der Waals surface area contributed by atoms with Gasteiger partial charge in [-0.2, -0.15) is 0 Å². The highest BCUT2D eigenvalue weighted by Gasteiger charge is 2.19. The summed E-state index contributed by atoms with van der Waals surface area (Å²) in [7, 11) is 0. The van der Waals surface area contributed by atoms with Crippen LogP contribution in [0.1, 0.15) is 25.8 Å². The van der Waals surface area contributed by atoms with Crippen LogP contribution in [0.25, 0.3) is 0 Å². The fourth-order valence-electron chi connectivity index (χ4n) is 2.66. The molecule has 2 rings (SSSR count). The Kier molecular flexibility index (Phi) is 6.59. The molecule has 0 saturated carbocycles. The van der Waals surface area contributed by atoms with Gasteiger partial charge in [0.1, 0.15) is 13.2 Å². The van der Waals surface area contributed by atoms with Crippen molar-refractivity contribution in [3.05, 3.63) is 17.7 Å². The van der Waals surface area contributed by atoms with Crippen LogP contribution in [0.2, 0.25) is 0 Å². The number of rotatable bonds is 8. The molecule has 0 fully saturated rings. The summed E-state index contributed by atoms with van der Waals surface area (Å²) in [5, 5.41) is 12.6. The van der Waals surface area contributed by atoms with E-state index >= 15 is 0 Å². The first-order valence-electron chi connectivity index (χ1n) is 7.91. The number of carboxylic acid groups (broad SMARTS) is 1. The number of aliphatic carboxylic acids is 1. The van der Waals surface area contributed by atoms with Gasteiger partial charge in [0, 0.05) is 18.0 Å². The largest absolute Gasteiger partial charge is 0.486 e. The summed E-state index contributed by atoms with van der Waals surface area (Å²) in [6, 6.07) is 3.99. The van der Waals surface area contributed by atoms with Crippen molar-refractivity contribution in [2.24, 2.45) is 11.8 Å². The maximum absolute atomic E-state index is 11.3. The van der Waals surface area contributed by atoms with Gasteiger partial charge in [-0.25, -0.2) is 0 Å². The van der Waals surface area contributed by atoms with Crippen molar-refractivity contribution in [3.63, 3.8) is 0 Å². The number of ether oxygens (including phenoxy) is 2. The van der Waals surface area contributed by atoms with E-state index in [1.54, 1.807) is 11.8 Å². The van der Waals surface area contributed by atoms with Gasteiger partial charge in [0.2, 0.25) is 0 Å². The normalized spacial score (nSPS) is 14.8. The Morgan fingerprint density at radius 2 is 1.96 bits per heavy atom. The van der Waals surface area contributed by atoms with Crippen LogP contribution in [0.15, 0.2) is 17.0 Å². The standard InChI is InChI=1S/C17H25NO4S/c1-11(2)6-13(17(19)20)10-18-9-12-7-14-15(8-16(12)23-3)22-5-4-21-14/h7-8,11,13,18H,4-6,9-10H2,1-3H3,(H,19,20). The van der Waals surface area contributed by atoms with Crippen LogP contribution in [-0.2, 0) is 11.3 Å². The molecular formula is C17H25NO4S. The second kappa shape index (κ2) is 8.45. The average molecular weight is 339 g/mol. The molecule has 1 unspecified atom stereocenters. The lowest BCUT2D eigenvalue weighted by Crippen LogP contribution is -2.29. The summed E-state index contributed by atoms with van der Waals surface area (Å²) in [6.45, 7) is 6.32. The van der Waals surface area contributed by atoms with E-state index in [4.69, 9.17) is 9.47 Å². The Hall–Kier alpha value is -1.40. The zero-order valence-electron chi connectivity index (χ0n) is 13.9. The van der Waals surface area contributed by atoms with Gasteiger partial charge in [-0.1, -0.05) is 13.8 Å². The maximum Gasteiger partial charge on any atom is 0.307 e. The number of nitrogens with one attached hydrogen (secondary N) is 1. The Morgan fingerprint density at radius 3 is 2.52 bits per heavy atom. The monoisotopic (exact) mass is 339 g/mol. The Labute approximate surface area is 141 Å². The first kappa shape index (κ1) is 17.9. The van der Waals surface area contributed by atoms with Crippen LogP contribution in [0, 0.1) is 11.8 Å². The molecule has 0 aromatic heterocycles. The molecule has 1 aromatic rings. The van der Waals surface area contributed by atoms with E-state index in [1.807, 2.05) is 32.2 Å². The van der Waals surface area contributed by atoms with E-state index in [2.05, 4.69) is 5.32 Å². The molecule has 0 saturated heterocycles.